The molecular formula is C16H25NO3. The van der Waals surface area contributed by atoms with E-state index >= 15 is 0 Å². The largest absolute Gasteiger partial charge is 0.396 e. The summed E-state index contributed by atoms with van der Waals surface area (Å²) < 4.78 is 6.55. The lowest BCUT2D eigenvalue weighted by Gasteiger charge is -2.45. The summed E-state index contributed by atoms with van der Waals surface area (Å²) in [5.74, 6) is 0.663. The van der Waals surface area contributed by atoms with Crippen LogP contribution in [0.2, 0.25) is 0 Å². The lowest BCUT2D eigenvalue weighted by molar-refractivity contribution is -0.200. The summed E-state index contributed by atoms with van der Waals surface area (Å²) in [7, 11) is 0. The fourth-order valence-electron chi connectivity index (χ4n) is 6.15. The van der Waals surface area contributed by atoms with E-state index in [1.807, 2.05) is 0 Å². The summed E-state index contributed by atoms with van der Waals surface area (Å²) >= 11 is 0. The molecule has 0 radical (unpaired) electrons. The summed E-state index contributed by atoms with van der Waals surface area (Å²) in [6, 6.07) is 0.405. The fourth-order valence-corrected chi connectivity index (χ4v) is 6.15. The van der Waals surface area contributed by atoms with E-state index in [2.05, 4.69) is 25.8 Å². The second-order valence-corrected chi connectivity index (χ2v) is 8.57. The van der Waals surface area contributed by atoms with E-state index in [0.29, 0.717) is 17.4 Å². The van der Waals surface area contributed by atoms with Crippen LogP contribution in [0.15, 0.2) is 0 Å². The Hall–Kier alpha value is -0.160. The molecule has 2 aliphatic heterocycles. The van der Waals surface area contributed by atoms with Crippen LogP contribution >= 0.6 is 0 Å². The summed E-state index contributed by atoms with van der Waals surface area (Å²) in [6.07, 6.45) is 5.13. The van der Waals surface area contributed by atoms with Gasteiger partial charge in [-0.2, -0.15) is 5.06 Å². The molecule has 4 nitrogen and oxygen atoms in total. The topological polar surface area (TPSA) is 41.9 Å². The molecule has 5 aliphatic rings. The third-order valence-corrected chi connectivity index (χ3v) is 8.07. The molecule has 5 fully saturated rings. The number of aliphatic hydroxyl groups is 1. The van der Waals surface area contributed by atoms with Crippen molar-refractivity contribution in [2.45, 2.75) is 70.9 Å². The van der Waals surface area contributed by atoms with Gasteiger partial charge in [-0.3, -0.25) is 4.84 Å². The molecule has 0 spiro atoms. The maximum atomic E-state index is 9.88. The van der Waals surface area contributed by atoms with Gasteiger partial charge in [-0.15, -0.1) is 0 Å². The Balaban J connectivity index is 1.56. The zero-order valence-corrected chi connectivity index (χ0v) is 12.6. The summed E-state index contributed by atoms with van der Waals surface area (Å²) in [4.78, 5) is 6.23. The maximum Gasteiger partial charge on any atom is 0.144 e. The van der Waals surface area contributed by atoms with Crippen molar-refractivity contribution >= 4 is 0 Å². The molecule has 0 aromatic heterocycles. The molecule has 4 heteroatoms. The molecule has 2 saturated heterocycles. The first kappa shape index (κ1) is 12.4. The van der Waals surface area contributed by atoms with Crippen molar-refractivity contribution in [2.24, 2.45) is 22.2 Å². The second-order valence-electron chi connectivity index (χ2n) is 8.57. The Morgan fingerprint density at radius 1 is 1.20 bits per heavy atom. The van der Waals surface area contributed by atoms with Crippen LogP contribution in [0.25, 0.3) is 0 Å². The van der Waals surface area contributed by atoms with E-state index in [4.69, 9.17) is 9.57 Å². The zero-order valence-electron chi connectivity index (χ0n) is 12.6. The van der Waals surface area contributed by atoms with E-state index in [9.17, 15) is 5.11 Å². The second kappa shape index (κ2) is 3.27. The average molecular weight is 279 g/mol. The van der Waals surface area contributed by atoms with Gasteiger partial charge in [-0.05, 0) is 37.0 Å². The normalized spacial score (nSPS) is 62.1. The minimum Gasteiger partial charge on any atom is -0.396 e. The molecule has 112 valence electrons. The minimum atomic E-state index is -0.135. The van der Waals surface area contributed by atoms with Crippen molar-refractivity contribution in [3.8, 4) is 0 Å². The highest BCUT2D eigenvalue weighted by molar-refractivity contribution is 5.22. The number of hydroxylamine groups is 2. The Morgan fingerprint density at radius 2 is 2.00 bits per heavy atom. The van der Waals surface area contributed by atoms with Crippen molar-refractivity contribution < 1.29 is 14.7 Å². The molecule has 0 unspecified atom stereocenters. The van der Waals surface area contributed by atoms with Crippen molar-refractivity contribution in [2.75, 3.05) is 6.61 Å². The van der Waals surface area contributed by atoms with Crippen molar-refractivity contribution in [1.82, 2.24) is 5.06 Å². The summed E-state index contributed by atoms with van der Waals surface area (Å²) in [5.41, 5.74) is 0.445. The Bertz CT molecular complexity index is 476. The summed E-state index contributed by atoms with van der Waals surface area (Å²) in [5, 5.41) is 12.1. The van der Waals surface area contributed by atoms with Crippen LogP contribution in [0.1, 0.15) is 46.5 Å². The van der Waals surface area contributed by atoms with Crippen LogP contribution in [0, 0.1) is 22.2 Å². The van der Waals surface area contributed by atoms with Gasteiger partial charge in [0.1, 0.15) is 6.23 Å². The van der Waals surface area contributed by atoms with E-state index in [1.54, 1.807) is 0 Å². The van der Waals surface area contributed by atoms with E-state index in [0.717, 1.165) is 12.8 Å². The van der Waals surface area contributed by atoms with Crippen LogP contribution in [0.4, 0.5) is 0 Å². The highest BCUT2D eigenvalue weighted by Gasteiger charge is 2.77. The van der Waals surface area contributed by atoms with Gasteiger partial charge in [0.25, 0.3) is 0 Å². The number of nitrogens with zero attached hydrogens (tertiary/aromatic N) is 1. The first-order valence-corrected chi connectivity index (χ1v) is 8.17. The van der Waals surface area contributed by atoms with Gasteiger partial charge in [-0.25, -0.2) is 0 Å². The van der Waals surface area contributed by atoms with Gasteiger partial charge in [0.15, 0.2) is 0 Å². The third-order valence-electron chi connectivity index (χ3n) is 8.07. The number of fused-ring (bicyclic) bond motifs is 9. The lowest BCUT2D eigenvalue weighted by Crippen LogP contribution is -2.52. The molecule has 1 N–H and O–H groups in total. The zero-order chi connectivity index (χ0) is 13.9. The molecule has 3 saturated carbocycles. The van der Waals surface area contributed by atoms with Crippen molar-refractivity contribution in [3.63, 3.8) is 0 Å². The van der Waals surface area contributed by atoms with E-state index in [-0.39, 0.29) is 35.9 Å². The van der Waals surface area contributed by atoms with Gasteiger partial charge in [0, 0.05) is 5.41 Å². The van der Waals surface area contributed by atoms with Crippen molar-refractivity contribution in [3.05, 3.63) is 0 Å². The van der Waals surface area contributed by atoms with Gasteiger partial charge in [0.05, 0.1) is 30.3 Å². The van der Waals surface area contributed by atoms with Crippen LogP contribution in [-0.4, -0.2) is 41.3 Å². The van der Waals surface area contributed by atoms with Crippen LogP contribution in [0.3, 0.4) is 0 Å². The standard InChI is InChI=1S/C16H25NO3/c1-14(2)9-4-6-15(14,3)12-11(9)17-13(19-12)16(8-18)7-5-10(16)20-17/h9-13,18H,4-8H2,1-3H3/t9-,10+,11-,12-,13+,15+,16+/m1/s1. The molecule has 5 rings (SSSR count). The lowest BCUT2D eigenvalue weighted by atomic mass is 9.66. The molecule has 2 heterocycles. The molecule has 0 amide bonds. The predicted octanol–water partition coefficient (Wildman–Crippen LogP) is 1.92. The van der Waals surface area contributed by atoms with E-state index in [1.165, 1.54) is 12.8 Å². The van der Waals surface area contributed by atoms with Gasteiger partial charge < -0.3 is 9.84 Å². The van der Waals surface area contributed by atoms with Crippen LogP contribution < -0.4 is 0 Å². The van der Waals surface area contributed by atoms with Gasteiger partial charge in [-0.1, -0.05) is 20.8 Å². The molecule has 0 aromatic rings. The molecular weight excluding hydrogens is 254 g/mol. The third kappa shape index (κ3) is 0.980. The number of hydrogen-bond acceptors (Lipinski definition) is 4. The van der Waals surface area contributed by atoms with Crippen molar-refractivity contribution in [1.29, 1.82) is 0 Å². The van der Waals surface area contributed by atoms with Gasteiger partial charge >= 0.3 is 0 Å². The highest BCUT2D eigenvalue weighted by atomic mass is 16.8. The Labute approximate surface area is 120 Å². The minimum absolute atomic E-state index is 0.00252. The number of ether oxygens (including phenoxy) is 1. The highest BCUT2D eigenvalue weighted by Crippen LogP contribution is 2.71. The maximum absolute atomic E-state index is 9.88. The summed E-state index contributed by atoms with van der Waals surface area (Å²) in [6.45, 7) is 7.43. The fraction of sp³-hybridized carbons (Fsp3) is 1.00. The Kier molecular flexibility index (Phi) is 2.02. The first-order valence-electron chi connectivity index (χ1n) is 8.17. The van der Waals surface area contributed by atoms with Gasteiger partial charge in [0.2, 0.25) is 0 Å². The predicted molar refractivity (Wildman–Crippen MR) is 72.5 cm³/mol. The average Bonchev–Trinajstić information content (AvgIpc) is 2.96. The number of hydrogen-bond donors (Lipinski definition) is 1. The Morgan fingerprint density at radius 3 is 2.65 bits per heavy atom. The quantitative estimate of drug-likeness (QED) is 0.796. The monoisotopic (exact) mass is 279 g/mol. The molecule has 2 bridgehead atoms. The number of aliphatic hydroxyl groups excluding tert-OH is 1. The SMILES string of the molecule is CC1(C)[C@@H]2CC[C@@]1(C)[C@@H]1O[C@@H]3N(O[C@H]4CC[C@]43CO)[C@H]21. The smallest absolute Gasteiger partial charge is 0.144 e. The van der Waals surface area contributed by atoms with E-state index < -0.39 is 0 Å². The number of rotatable bonds is 1. The van der Waals surface area contributed by atoms with Crippen LogP contribution in [-0.2, 0) is 9.57 Å². The molecule has 0 aromatic carbocycles. The first-order chi connectivity index (χ1) is 9.46. The van der Waals surface area contributed by atoms with Crippen LogP contribution in [0.5, 0.6) is 0 Å². The molecule has 7 atom stereocenters. The molecule has 20 heavy (non-hydrogen) atoms. The molecule has 3 aliphatic carbocycles.